The molecule has 0 aromatic heterocycles. The van der Waals surface area contributed by atoms with E-state index in [-0.39, 0.29) is 5.75 Å². The monoisotopic (exact) mass is 318 g/mol. The van der Waals surface area contributed by atoms with Gasteiger partial charge in [0.1, 0.15) is 0 Å². The second-order valence-electron chi connectivity index (χ2n) is 5.16. The van der Waals surface area contributed by atoms with Gasteiger partial charge < -0.3 is 9.84 Å². The molecule has 4 heteroatoms. The fourth-order valence-corrected chi connectivity index (χ4v) is 2.33. The number of hydrogen-bond donors (Lipinski definition) is 1. The Morgan fingerprint density at radius 2 is 1.46 bits per heavy atom. The number of rotatable bonds is 5. The van der Waals surface area contributed by atoms with Gasteiger partial charge in [-0.1, -0.05) is 36.4 Å². The highest BCUT2D eigenvalue weighted by atomic mass is 16.5. The third-order valence-electron chi connectivity index (χ3n) is 3.53. The first-order valence-corrected chi connectivity index (χ1v) is 7.59. The number of phenolic OH excluding ortho intramolecular Hbond substituents is 1. The predicted octanol–water partition coefficient (Wildman–Crippen LogP) is 4.57. The summed E-state index contributed by atoms with van der Waals surface area (Å²) in [5.74, 6) is 0.530. The van der Waals surface area contributed by atoms with Gasteiger partial charge in [0.2, 0.25) is 0 Å². The summed E-state index contributed by atoms with van der Waals surface area (Å²) in [6, 6.07) is 25.0. The number of phenols is 1. The molecule has 0 radical (unpaired) electrons. The lowest BCUT2D eigenvalue weighted by atomic mass is 10.2. The number of benzene rings is 3. The van der Waals surface area contributed by atoms with Crippen molar-refractivity contribution in [2.45, 2.75) is 0 Å². The molecule has 0 saturated carbocycles. The zero-order valence-corrected chi connectivity index (χ0v) is 13.3. The molecule has 120 valence electrons. The van der Waals surface area contributed by atoms with E-state index >= 15 is 0 Å². The summed E-state index contributed by atoms with van der Waals surface area (Å²) in [5, 5.41) is 16.3. The Morgan fingerprint density at radius 3 is 1.96 bits per heavy atom. The van der Waals surface area contributed by atoms with Crippen LogP contribution in [0.3, 0.4) is 0 Å². The molecular weight excluding hydrogens is 300 g/mol. The maximum Gasteiger partial charge on any atom is 0.160 e. The van der Waals surface area contributed by atoms with Crippen LogP contribution in [0, 0.1) is 0 Å². The number of para-hydroxylation sites is 2. The van der Waals surface area contributed by atoms with Crippen LogP contribution in [0.4, 0.5) is 11.4 Å². The van der Waals surface area contributed by atoms with E-state index in [1.807, 2.05) is 71.7 Å². The largest absolute Gasteiger partial charge is 0.504 e. The number of hydrogen-bond acceptors (Lipinski definition) is 4. The highest BCUT2D eigenvalue weighted by Crippen LogP contribution is 2.27. The Bertz CT molecular complexity index is 778. The van der Waals surface area contributed by atoms with Crippen molar-refractivity contribution in [3.63, 3.8) is 0 Å². The van der Waals surface area contributed by atoms with Crippen LogP contribution in [0.5, 0.6) is 11.5 Å². The highest BCUT2D eigenvalue weighted by Gasteiger charge is 2.07. The Morgan fingerprint density at radius 1 is 0.875 bits per heavy atom. The van der Waals surface area contributed by atoms with Crippen molar-refractivity contribution in [1.82, 2.24) is 0 Å². The minimum atomic E-state index is 0.0902. The molecule has 0 saturated heterocycles. The van der Waals surface area contributed by atoms with Gasteiger partial charge in [0.05, 0.1) is 24.7 Å². The summed E-state index contributed by atoms with van der Waals surface area (Å²) in [5.41, 5.74) is 2.69. The van der Waals surface area contributed by atoms with E-state index in [4.69, 9.17) is 4.74 Å². The average molecular weight is 318 g/mol. The van der Waals surface area contributed by atoms with Crippen LogP contribution in [-0.4, -0.2) is 18.4 Å². The first kappa shape index (κ1) is 15.6. The van der Waals surface area contributed by atoms with E-state index in [9.17, 15) is 5.11 Å². The third kappa shape index (κ3) is 3.55. The maximum absolute atomic E-state index is 9.89. The van der Waals surface area contributed by atoms with Crippen LogP contribution < -0.4 is 9.75 Å². The fraction of sp³-hybridized carbons (Fsp3) is 0.0500. The van der Waals surface area contributed by atoms with Crippen molar-refractivity contribution in [3.05, 3.63) is 84.4 Å². The Kier molecular flexibility index (Phi) is 4.77. The molecule has 1 N–H and O–H groups in total. The van der Waals surface area contributed by atoms with Crippen molar-refractivity contribution in [1.29, 1.82) is 0 Å². The molecule has 3 aromatic carbocycles. The number of anilines is 2. The van der Waals surface area contributed by atoms with E-state index < -0.39 is 0 Å². The lowest BCUT2D eigenvalue weighted by Gasteiger charge is -2.19. The Balaban J connectivity index is 1.94. The van der Waals surface area contributed by atoms with Gasteiger partial charge >= 0.3 is 0 Å². The van der Waals surface area contributed by atoms with E-state index in [1.54, 1.807) is 18.3 Å². The van der Waals surface area contributed by atoms with Gasteiger partial charge in [-0.05, 0) is 48.0 Å². The molecule has 0 aliphatic rings. The molecule has 0 fully saturated rings. The van der Waals surface area contributed by atoms with Crippen molar-refractivity contribution >= 4 is 17.6 Å². The molecule has 0 unspecified atom stereocenters. The minimum absolute atomic E-state index is 0.0902. The van der Waals surface area contributed by atoms with Crippen LogP contribution in [0.1, 0.15) is 5.56 Å². The minimum Gasteiger partial charge on any atom is -0.504 e. The normalized spacial score (nSPS) is 10.7. The second-order valence-corrected chi connectivity index (χ2v) is 5.16. The quantitative estimate of drug-likeness (QED) is 0.553. The number of aromatic hydroxyl groups is 1. The highest BCUT2D eigenvalue weighted by molar-refractivity contribution is 5.82. The third-order valence-corrected chi connectivity index (χ3v) is 3.53. The smallest absolute Gasteiger partial charge is 0.160 e. The maximum atomic E-state index is 9.89. The number of hydrazone groups is 1. The fourth-order valence-electron chi connectivity index (χ4n) is 2.33. The van der Waals surface area contributed by atoms with Gasteiger partial charge in [-0.25, -0.2) is 5.01 Å². The van der Waals surface area contributed by atoms with Crippen LogP contribution in [0.15, 0.2) is 84.0 Å². The van der Waals surface area contributed by atoms with Gasteiger partial charge in [0, 0.05) is 0 Å². The van der Waals surface area contributed by atoms with Gasteiger partial charge in [0.15, 0.2) is 11.5 Å². The van der Waals surface area contributed by atoms with Gasteiger partial charge in [-0.2, -0.15) is 5.10 Å². The molecule has 0 heterocycles. The SMILES string of the molecule is COc1ccc(/C=N/N(c2ccccc2)c2ccccc2)cc1O. The van der Waals surface area contributed by atoms with E-state index in [1.165, 1.54) is 7.11 Å². The molecule has 0 spiro atoms. The first-order chi connectivity index (χ1) is 11.8. The summed E-state index contributed by atoms with van der Waals surface area (Å²) >= 11 is 0. The molecule has 0 aliphatic carbocycles. The second kappa shape index (κ2) is 7.33. The summed E-state index contributed by atoms with van der Waals surface area (Å²) < 4.78 is 5.06. The predicted molar refractivity (Wildman–Crippen MR) is 97.3 cm³/mol. The Labute approximate surface area is 141 Å². The topological polar surface area (TPSA) is 45.1 Å². The summed E-state index contributed by atoms with van der Waals surface area (Å²) in [6.07, 6.45) is 1.71. The van der Waals surface area contributed by atoms with Crippen LogP contribution in [0.25, 0.3) is 0 Å². The molecular formula is C20H18N2O2. The molecule has 0 aliphatic heterocycles. The van der Waals surface area contributed by atoms with Crippen LogP contribution in [0.2, 0.25) is 0 Å². The Hall–Kier alpha value is -3.27. The summed E-state index contributed by atoms with van der Waals surface area (Å²) in [6.45, 7) is 0. The molecule has 0 bridgehead atoms. The lowest BCUT2D eigenvalue weighted by Crippen LogP contribution is -2.09. The van der Waals surface area contributed by atoms with Gasteiger partial charge in [-0.15, -0.1) is 0 Å². The van der Waals surface area contributed by atoms with E-state index in [0.717, 1.165) is 16.9 Å². The molecule has 0 atom stereocenters. The van der Waals surface area contributed by atoms with Crippen molar-refractivity contribution in [2.75, 3.05) is 12.1 Å². The van der Waals surface area contributed by atoms with Crippen molar-refractivity contribution in [3.8, 4) is 11.5 Å². The molecule has 0 amide bonds. The molecule has 3 rings (SSSR count). The van der Waals surface area contributed by atoms with Gasteiger partial charge in [-0.3, -0.25) is 0 Å². The lowest BCUT2D eigenvalue weighted by molar-refractivity contribution is 0.373. The average Bonchev–Trinajstić information content (AvgIpc) is 2.64. The molecule has 3 aromatic rings. The van der Waals surface area contributed by atoms with E-state index in [0.29, 0.717) is 5.75 Å². The van der Waals surface area contributed by atoms with E-state index in [2.05, 4.69) is 5.10 Å². The number of nitrogens with zero attached hydrogens (tertiary/aromatic N) is 2. The summed E-state index contributed by atoms with van der Waals surface area (Å²) in [4.78, 5) is 0. The first-order valence-electron chi connectivity index (χ1n) is 7.59. The zero-order valence-electron chi connectivity index (χ0n) is 13.3. The van der Waals surface area contributed by atoms with Crippen LogP contribution in [-0.2, 0) is 0 Å². The van der Waals surface area contributed by atoms with Crippen molar-refractivity contribution < 1.29 is 9.84 Å². The summed E-state index contributed by atoms with van der Waals surface area (Å²) in [7, 11) is 1.52. The van der Waals surface area contributed by atoms with Crippen LogP contribution >= 0.6 is 0 Å². The van der Waals surface area contributed by atoms with Gasteiger partial charge in [0.25, 0.3) is 0 Å². The molecule has 24 heavy (non-hydrogen) atoms. The standard InChI is InChI=1S/C20H18N2O2/c1-24-20-13-12-16(14-19(20)23)15-21-22(17-8-4-2-5-9-17)18-10-6-3-7-11-18/h2-15,23H,1H3/b21-15+. The zero-order chi connectivity index (χ0) is 16.8. The molecule has 4 nitrogen and oxygen atoms in total. The number of ether oxygens (including phenoxy) is 1. The van der Waals surface area contributed by atoms with Crippen molar-refractivity contribution in [2.24, 2.45) is 5.10 Å². The number of methoxy groups -OCH3 is 1.